The minimum atomic E-state index is -3.59. The number of aryl methyl sites for hydroxylation is 1. The van der Waals surface area contributed by atoms with Crippen LogP contribution in [-0.4, -0.2) is 24.5 Å². The largest absolute Gasteiger partial charge is 0.452 e. The summed E-state index contributed by atoms with van der Waals surface area (Å²) in [5.74, 6) is 0.413. The maximum absolute atomic E-state index is 12.1. The molecule has 0 fully saturated rings. The smallest absolute Gasteiger partial charge is 0.244 e. The van der Waals surface area contributed by atoms with Crippen molar-refractivity contribution >= 4 is 26.0 Å². The number of aromatic nitrogens is 2. The van der Waals surface area contributed by atoms with Gasteiger partial charge in [0.2, 0.25) is 10.0 Å². The number of nitrogens with one attached hydrogen (secondary N) is 1. The van der Waals surface area contributed by atoms with E-state index in [9.17, 15) is 8.42 Å². The minimum absolute atomic E-state index is 0.0700. The molecule has 0 saturated heterocycles. The summed E-state index contributed by atoms with van der Waals surface area (Å²) in [6.07, 6.45) is 5.86. The van der Waals surface area contributed by atoms with Crippen LogP contribution in [0.3, 0.4) is 0 Å². The highest BCUT2D eigenvalue weighted by molar-refractivity contribution is 9.10. The van der Waals surface area contributed by atoms with Crippen molar-refractivity contribution in [2.75, 3.05) is 6.54 Å². The molecule has 110 valence electrons. The van der Waals surface area contributed by atoms with Crippen LogP contribution in [0.2, 0.25) is 0 Å². The van der Waals surface area contributed by atoms with Crippen molar-refractivity contribution in [1.29, 1.82) is 0 Å². The van der Waals surface area contributed by atoms with E-state index in [2.05, 4.69) is 25.6 Å². The van der Waals surface area contributed by atoms with Crippen LogP contribution >= 0.6 is 15.9 Å². The molecule has 0 bridgehead atoms. The Balaban J connectivity index is 1.91. The van der Waals surface area contributed by atoms with E-state index in [1.165, 1.54) is 6.07 Å². The lowest BCUT2D eigenvalue weighted by molar-refractivity contribution is 0.483. The molecular formula is C11H15BrN4O3S. The Labute approximate surface area is 125 Å². The second kappa shape index (κ2) is 6.53. The predicted molar refractivity (Wildman–Crippen MR) is 76.3 cm³/mol. The Morgan fingerprint density at radius 2 is 2.30 bits per heavy atom. The number of hydrogen-bond acceptors (Lipinski definition) is 5. The van der Waals surface area contributed by atoms with Gasteiger partial charge in [-0.1, -0.05) is 0 Å². The van der Waals surface area contributed by atoms with E-state index in [4.69, 9.17) is 10.2 Å². The van der Waals surface area contributed by atoms with Crippen molar-refractivity contribution in [3.8, 4) is 0 Å². The fourth-order valence-electron chi connectivity index (χ4n) is 1.65. The number of rotatable bonds is 7. The van der Waals surface area contributed by atoms with E-state index in [1.54, 1.807) is 12.5 Å². The van der Waals surface area contributed by atoms with E-state index in [-0.39, 0.29) is 16.1 Å². The number of halogens is 1. The molecule has 2 rings (SSSR count). The molecule has 0 amide bonds. The zero-order valence-electron chi connectivity index (χ0n) is 10.6. The van der Waals surface area contributed by atoms with Crippen LogP contribution in [0, 0.1) is 0 Å². The maximum Gasteiger partial charge on any atom is 0.244 e. The first-order chi connectivity index (χ1) is 9.53. The molecule has 0 aliphatic heterocycles. The molecular weight excluding hydrogens is 348 g/mol. The highest BCUT2D eigenvalue weighted by Gasteiger charge is 2.21. The predicted octanol–water partition coefficient (Wildman–Crippen LogP) is 1.07. The highest BCUT2D eigenvalue weighted by atomic mass is 79.9. The molecule has 7 nitrogen and oxygen atoms in total. The molecule has 0 aliphatic carbocycles. The third kappa shape index (κ3) is 3.69. The first-order valence-electron chi connectivity index (χ1n) is 5.96. The summed E-state index contributed by atoms with van der Waals surface area (Å²) in [5.41, 5.74) is 5.41. The van der Waals surface area contributed by atoms with Gasteiger partial charge >= 0.3 is 0 Å². The molecule has 0 saturated carbocycles. The van der Waals surface area contributed by atoms with E-state index in [0.717, 1.165) is 0 Å². The molecule has 0 atom stereocenters. The average molecular weight is 363 g/mol. The summed E-state index contributed by atoms with van der Waals surface area (Å²) < 4.78 is 33.9. The molecule has 0 radical (unpaired) electrons. The quantitative estimate of drug-likeness (QED) is 0.717. The lowest BCUT2D eigenvalue weighted by Crippen LogP contribution is -2.25. The van der Waals surface area contributed by atoms with E-state index in [0.29, 0.717) is 25.3 Å². The average Bonchev–Trinajstić information content (AvgIpc) is 3.04. The van der Waals surface area contributed by atoms with Gasteiger partial charge in [-0.2, -0.15) is 0 Å². The number of nitrogens with zero attached hydrogens (tertiary/aromatic N) is 2. The van der Waals surface area contributed by atoms with Gasteiger partial charge in [0, 0.05) is 31.5 Å². The second-order valence-electron chi connectivity index (χ2n) is 4.11. The van der Waals surface area contributed by atoms with Crippen molar-refractivity contribution in [3.05, 3.63) is 35.2 Å². The zero-order valence-corrected chi connectivity index (χ0v) is 13.0. The van der Waals surface area contributed by atoms with Crippen LogP contribution in [0.15, 0.2) is 38.8 Å². The van der Waals surface area contributed by atoms with Crippen LogP contribution in [-0.2, 0) is 23.1 Å². The summed E-state index contributed by atoms with van der Waals surface area (Å²) in [6, 6.07) is 1.42. The van der Waals surface area contributed by atoms with Crippen molar-refractivity contribution in [2.45, 2.75) is 24.4 Å². The molecule has 0 spiro atoms. The number of furan rings is 1. The van der Waals surface area contributed by atoms with Gasteiger partial charge in [0.25, 0.3) is 0 Å². The van der Waals surface area contributed by atoms with Gasteiger partial charge in [0.05, 0.1) is 12.9 Å². The summed E-state index contributed by atoms with van der Waals surface area (Å²) in [6.45, 7) is 1.17. The zero-order chi connectivity index (χ0) is 14.6. The standard InChI is InChI=1S/C11H15BrN4O3S/c12-11-10(6-9(7-13)19-11)20(17,18)15-2-1-4-16-5-3-14-8-16/h3,5-6,8,15H,1-2,4,7,13H2. The summed E-state index contributed by atoms with van der Waals surface area (Å²) in [7, 11) is -3.59. The molecule has 0 unspecified atom stereocenters. The van der Waals surface area contributed by atoms with Gasteiger partial charge in [-0.25, -0.2) is 18.1 Å². The van der Waals surface area contributed by atoms with Crippen LogP contribution in [0.5, 0.6) is 0 Å². The third-order valence-electron chi connectivity index (χ3n) is 2.64. The highest BCUT2D eigenvalue weighted by Crippen LogP contribution is 2.25. The van der Waals surface area contributed by atoms with Crippen LogP contribution in [0.4, 0.5) is 0 Å². The molecule has 2 aromatic heterocycles. The van der Waals surface area contributed by atoms with Gasteiger partial charge in [-0.15, -0.1) is 0 Å². The minimum Gasteiger partial charge on any atom is -0.452 e. The second-order valence-corrected chi connectivity index (χ2v) is 6.56. The fourth-order valence-corrected chi connectivity index (χ4v) is 3.72. The summed E-state index contributed by atoms with van der Waals surface area (Å²) in [4.78, 5) is 3.98. The molecule has 2 aromatic rings. The molecule has 20 heavy (non-hydrogen) atoms. The topological polar surface area (TPSA) is 103 Å². The first kappa shape index (κ1) is 15.2. The van der Waals surface area contributed by atoms with Crippen LogP contribution in [0.1, 0.15) is 12.2 Å². The number of imidazole rings is 1. The number of sulfonamides is 1. The van der Waals surface area contributed by atoms with Crippen molar-refractivity contribution in [3.63, 3.8) is 0 Å². The van der Waals surface area contributed by atoms with Crippen molar-refractivity contribution < 1.29 is 12.8 Å². The van der Waals surface area contributed by atoms with Gasteiger partial charge in [-0.05, 0) is 22.4 Å². The maximum atomic E-state index is 12.1. The summed E-state index contributed by atoms with van der Waals surface area (Å²) in [5, 5.41) is 0. The van der Waals surface area contributed by atoms with Crippen molar-refractivity contribution in [2.24, 2.45) is 5.73 Å². The molecule has 9 heteroatoms. The third-order valence-corrected chi connectivity index (χ3v) is 4.96. The van der Waals surface area contributed by atoms with Gasteiger partial charge in [0.1, 0.15) is 10.7 Å². The lowest BCUT2D eigenvalue weighted by Gasteiger charge is -2.05. The van der Waals surface area contributed by atoms with Crippen LogP contribution < -0.4 is 10.5 Å². The Bertz CT molecular complexity index is 651. The summed E-state index contributed by atoms with van der Waals surface area (Å²) >= 11 is 3.08. The van der Waals surface area contributed by atoms with Gasteiger partial charge < -0.3 is 14.7 Å². The monoisotopic (exact) mass is 362 g/mol. The Hall–Kier alpha value is -1.16. The van der Waals surface area contributed by atoms with Crippen molar-refractivity contribution in [1.82, 2.24) is 14.3 Å². The number of hydrogen-bond donors (Lipinski definition) is 2. The SMILES string of the molecule is NCc1cc(S(=O)(=O)NCCCn2ccnc2)c(Br)o1. The van der Waals surface area contributed by atoms with Gasteiger partial charge in [-0.3, -0.25) is 0 Å². The lowest BCUT2D eigenvalue weighted by atomic mass is 10.4. The van der Waals surface area contributed by atoms with Gasteiger partial charge in [0.15, 0.2) is 4.67 Å². The van der Waals surface area contributed by atoms with E-state index < -0.39 is 10.0 Å². The number of nitrogens with two attached hydrogens (primary N) is 1. The Morgan fingerprint density at radius 1 is 1.50 bits per heavy atom. The van der Waals surface area contributed by atoms with E-state index >= 15 is 0 Å². The fraction of sp³-hybridized carbons (Fsp3) is 0.364. The Kier molecular flexibility index (Phi) is 4.97. The molecule has 3 N–H and O–H groups in total. The molecule has 2 heterocycles. The first-order valence-corrected chi connectivity index (χ1v) is 8.24. The van der Waals surface area contributed by atoms with E-state index in [1.807, 2.05) is 10.8 Å². The molecule has 0 aromatic carbocycles. The normalized spacial score (nSPS) is 11.9. The van der Waals surface area contributed by atoms with Crippen LogP contribution in [0.25, 0.3) is 0 Å². The molecule has 0 aliphatic rings. The Morgan fingerprint density at radius 3 is 2.90 bits per heavy atom.